The van der Waals surface area contributed by atoms with Crippen LogP contribution in [0.1, 0.15) is 21.6 Å². The molecule has 1 amide bonds. The van der Waals surface area contributed by atoms with E-state index in [0.29, 0.717) is 22.5 Å². The van der Waals surface area contributed by atoms with E-state index in [9.17, 15) is 9.59 Å². The van der Waals surface area contributed by atoms with E-state index in [2.05, 4.69) is 30.5 Å². The summed E-state index contributed by atoms with van der Waals surface area (Å²) in [7, 11) is 1.33. The second-order valence-electron chi connectivity index (χ2n) is 9.66. The van der Waals surface area contributed by atoms with Gasteiger partial charge in [0, 0.05) is 27.8 Å². The van der Waals surface area contributed by atoms with Crippen molar-refractivity contribution in [3.8, 4) is 11.5 Å². The lowest BCUT2D eigenvalue weighted by atomic mass is 10.1. The van der Waals surface area contributed by atoms with Crippen molar-refractivity contribution in [1.82, 2.24) is 9.88 Å². The zero-order chi connectivity index (χ0) is 26.7. The van der Waals surface area contributed by atoms with Gasteiger partial charge in [-0.25, -0.2) is 0 Å². The number of carbonyl (C=O) groups excluding carboxylic acids is 2. The molecule has 0 bridgehead atoms. The summed E-state index contributed by atoms with van der Waals surface area (Å²) in [6.45, 7) is 6.32. The molecular weight excluding hydrogens is 504 g/mol. The van der Waals surface area contributed by atoms with Crippen LogP contribution in [0.25, 0.3) is 10.9 Å². The number of ether oxygens (including phenoxy) is 2. The summed E-state index contributed by atoms with van der Waals surface area (Å²) in [5.74, 6) is 1.22. The average molecular weight is 535 g/mol. The number of aromatic nitrogens is 1. The van der Waals surface area contributed by atoms with Crippen molar-refractivity contribution in [3.63, 3.8) is 0 Å². The van der Waals surface area contributed by atoms with Crippen LogP contribution in [-0.2, 0) is 11.2 Å². The minimum absolute atomic E-state index is 0.0852. The molecule has 37 heavy (non-hydrogen) atoms. The topological polar surface area (TPSA) is 69.6 Å². The lowest BCUT2D eigenvalue weighted by Gasteiger charge is -2.23. The molecule has 0 spiro atoms. The van der Waals surface area contributed by atoms with Gasteiger partial charge in [-0.05, 0) is 67.1 Å². The van der Waals surface area contributed by atoms with Crippen molar-refractivity contribution in [2.75, 3.05) is 20.4 Å². The number of rotatable bonds is 8. The molecule has 0 aliphatic carbocycles. The van der Waals surface area contributed by atoms with Gasteiger partial charge >= 0.3 is 0 Å². The third-order valence-corrected chi connectivity index (χ3v) is 9.98. The van der Waals surface area contributed by atoms with E-state index in [1.807, 2.05) is 37.3 Å². The van der Waals surface area contributed by atoms with Gasteiger partial charge in [0.15, 0.2) is 0 Å². The second-order valence-corrected chi connectivity index (χ2v) is 14.8. The summed E-state index contributed by atoms with van der Waals surface area (Å²) >= 11 is 6.02. The van der Waals surface area contributed by atoms with Crippen LogP contribution in [0.4, 0.5) is 0 Å². The van der Waals surface area contributed by atoms with Crippen LogP contribution in [0.5, 0.6) is 11.5 Å². The minimum Gasteiger partial charge on any atom is -0.497 e. The van der Waals surface area contributed by atoms with Crippen molar-refractivity contribution in [1.29, 1.82) is 0 Å². The fraction of sp³-hybridized carbons (Fsp3) is 0.241. The summed E-state index contributed by atoms with van der Waals surface area (Å²) < 4.78 is 12.4. The van der Waals surface area contributed by atoms with E-state index in [0.717, 1.165) is 27.9 Å². The third kappa shape index (κ3) is 5.58. The minimum atomic E-state index is -1.92. The van der Waals surface area contributed by atoms with E-state index in [4.69, 9.17) is 21.1 Å². The smallest absolute Gasteiger partial charge is 0.262 e. The molecule has 1 aromatic heterocycles. The summed E-state index contributed by atoms with van der Waals surface area (Å²) in [5.41, 5.74) is 2.78. The predicted molar refractivity (Wildman–Crippen MR) is 151 cm³/mol. The Morgan fingerprint density at radius 1 is 0.919 bits per heavy atom. The lowest BCUT2D eigenvalue weighted by molar-refractivity contribution is -0.120. The fourth-order valence-electron chi connectivity index (χ4n) is 4.48. The van der Waals surface area contributed by atoms with Crippen LogP contribution in [0.15, 0.2) is 66.7 Å². The molecule has 8 heteroatoms. The highest BCUT2D eigenvalue weighted by Crippen LogP contribution is 2.31. The SMILES string of the molecule is COc1ccc([Si](C)(C)CNC(=O)Cc2c(C)n(C(=O)c3ccc(Cl)cc3)c3ccc(OC)cc23)cc1. The van der Waals surface area contributed by atoms with Crippen LogP contribution in [0, 0.1) is 6.92 Å². The molecule has 1 heterocycles. The van der Waals surface area contributed by atoms with Gasteiger partial charge < -0.3 is 14.8 Å². The monoisotopic (exact) mass is 534 g/mol. The van der Waals surface area contributed by atoms with Gasteiger partial charge in [-0.1, -0.05) is 42.0 Å². The molecule has 0 aliphatic heterocycles. The van der Waals surface area contributed by atoms with Crippen molar-refractivity contribution in [3.05, 3.63) is 88.6 Å². The molecule has 6 nitrogen and oxygen atoms in total. The molecule has 0 unspecified atom stereocenters. The highest BCUT2D eigenvalue weighted by atomic mass is 35.5. The molecule has 0 saturated carbocycles. The molecule has 0 aliphatic rings. The molecule has 0 radical (unpaired) electrons. The molecule has 4 aromatic rings. The highest BCUT2D eigenvalue weighted by Gasteiger charge is 2.26. The summed E-state index contributed by atoms with van der Waals surface area (Å²) in [6, 6.07) is 20.4. The molecule has 3 aromatic carbocycles. The van der Waals surface area contributed by atoms with Gasteiger partial charge in [0.25, 0.3) is 5.91 Å². The number of nitrogens with one attached hydrogen (secondary N) is 1. The number of amides is 1. The lowest BCUT2D eigenvalue weighted by Crippen LogP contribution is -2.52. The van der Waals surface area contributed by atoms with Crippen LogP contribution < -0.4 is 20.0 Å². The number of nitrogens with zero attached hydrogens (tertiary/aromatic N) is 1. The first kappa shape index (κ1) is 26.5. The Kier molecular flexibility index (Phi) is 7.75. The summed E-state index contributed by atoms with van der Waals surface area (Å²) in [5, 5.41) is 5.77. The number of benzene rings is 3. The van der Waals surface area contributed by atoms with Gasteiger partial charge in [-0.15, -0.1) is 0 Å². The van der Waals surface area contributed by atoms with E-state index < -0.39 is 8.07 Å². The Balaban J connectivity index is 1.61. The predicted octanol–water partition coefficient (Wildman–Crippen LogP) is 5.12. The van der Waals surface area contributed by atoms with Gasteiger partial charge in [-0.3, -0.25) is 14.2 Å². The van der Waals surface area contributed by atoms with Crippen molar-refractivity contribution < 1.29 is 19.1 Å². The van der Waals surface area contributed by atoms with Crippen LogP contribution in [-0.4, -0.2) is 44.8 Å². The maximum Gasteiger partial charge on any atom is 0.262 e. The second kappa shape index (κ2) is 10.8. The molecule has 192 valence electrons. The summed E-state index contributed by atoms with van der Waals surface area (Å²) in [4.78, 5) is 26.7. The molecular formula is C29H31ClN2O4Si. The maximum atomic E-state index is 13.5. The number of hydrogen-bond donors (Lipinski definition) is 1. The average Bonchev–Trinajstić information content (AvgIpc) is 3.17. The first-order chi connectivity index (χ1) is 17.6. The Bertz CT molecular complexity index is 1440. The Labute approximate surface area is 223 Å². The number of carbonyl (C=O) groups is 2. The molecule has 1 N–H and O–H groups in total. The van der Waals surface area contributed by atoms with Gasteiger partial charge in [0.2, 0.25) is 5.91 Å². The number of methoxy groups -OCH3 is 2. The zero-order valence-corrected chi connectivity index (χ0v) is 23.5. The fourth-order valence-corrected chi connectivity index (χ4v) is 6.52. The Morgan fingerprint density at radius 3 is 2.16 bits per heavy atom. The molecule has 0 saturated heterocycles. The van der Waals surface area contributed by atoms with Crippen molar-refractivity contribution >= 4 is 47.6 Å². The highest BCUT2D eigenvalue weighted by molar-refractivity contribution is 6.90. The first-order valence-electron chi connectivity index (χ1n) is 12.0. The zero-order valence-electron chi connectivity index (χ0n) is 21.7. The van der Waals surface area contributed by atoms with E-state index in [-0.39, 0.29) is 18.2 Å². The van der Waals surface area contributed by atoms with E-state index >= 15 is 0 Å². The van der Waals surface area contributed by atoms with Crippen molar-refractivity contribution in [2.24, 2.45) is 0 Å². The Morgan fingerprint density at radius 2 is 1.54 bits per heavy atom. The Hall–Kier alpha value is -3.55. The van der Waals surface area contributed by atoms with Gasteiger partial charge in [-0.2, -0.15) is 0 Å². The molecule has 0 atom stereocenters. The third-order valence-electron chi connectivity index (χ3n) is 6.77. The first-order valence-corrected chi connectivity index (χ1v) is 15.6. The van der Waals surface area contributed by atoms with Crippen LogP contribution >= 0.6 is 11.6 Å². The van der Waals surface area contributed by atoms with Gasteiger partial charge in [0.05, 0.1) is 26.2 Å². The molecule has 4 rings (SSSR count). The normalized spacial score (nSPS) is 11.4. The summed E-state index contributed by atoms with van der Waals surface area (Å²) in [6.07, 6.45) is 0.756. The van der Waals surface area contributed by atoms with Crippen molar-refractivity contribution in [2.45, 2.75) is 26.4 Å². The maximum absolute atomic E-state index is 13.5. The van der Waals surface area contributed by atoms with Crippen LogP contribution in [0.3, 0.4) is 0 Å². The number of fused-ring (bicyclic) bond motifs is 1. The number of hydrogen-bond acceptors (Lipinski definition) is 4. The molecule has 0 fully saturated rings. The largest absolute Gasteiger partial charge is 0.497 e. The van der Waals surface area contributed by atoms with E-state index in [1.54, 1.807) is 43.1 Å². The standard InChI is InChI=1S/C29H31ClN2O4Si/c1-19-25(17-28(33)31-18-37(4,5)24-13-10-22(35-2)11-14-24)26-16-23(36-3)12-15-27(26)32(19)29(34)20-6-8-21(30)9-7-20/h6-16H,17-18H2,1-5H3,(H,31,33). The quantitative estimate of drug-likeness (QED) is 0.318. The van der Waals surface area contributed by atoms with Gasteiger partial charge in [0.1, 0.15) is 19.6 Å². The number of halogens is 1. The van der Waals surface area contributed by atoms with Crippen LogP contribution in [0.2, 0.25) is 18.1 Å². The van der Waals surface area contributed by atoms with E-state index in [1.165, 1.54) is 5.19 Å².